The van der Waals surface area contributed by atoms with Gasteiger partial charge in [-0.05, 0) is 55.9 Å². The van der Waals surface area contributed by atoms with Gasteiger partial charge in [0.25, 0.3) is 0 Å². The van der Waals surface area contributed by atoms with Gasteiger partial charge in [0.15, 0.2) is 0 Å². The minimum absolute atomic E-state index is 0.161. The summed E-state index contributed by atoms with van der Waals surface area (Å²) in [7, 11) is 0. The highest BCUT2D eigenvalue weighted by Crippen LogP contribution is 2.20. The van der Waals surface area contributed by atoms with Gasteiger partial charge in [-0.25, -0.2) is 9.07 Å². The molecule has 3 aromatic rings. The zero-order valence-corrected chi connectivity index (χ0v) is 17.0. The second kappa shape index (κ2) is 7.85. The van der Waals surface area contributed by atoms with E-state index in [1.54, 1.807) is 6.07 Å². The Morgan fingerprint density at radius 2 is 1.75 bits per heavy atom. The number of aromatic nitrogens is 3. The van der Waals surface area contributed by atoms with Crippen LogP contribution >= 0.6 is 12.2 Å². The molecule has 0 saturated carbocycles. The van der Waals surface area contributed by atoms with Crippen LogP contribution in [0.1, 0.15) is 11.4 Å². The van der Waals surface area contributed by atoms with Gasteiger partial charge in [0.05, 0.1) is 12.4 Å². The Morgan fingerprint density at radius 3 is 2.46 bits per heavy atom. The van der Waals surface area contributed by atoms with Gasteiger partial charge in [0.1, 0.15) is 11.6 Å². The van der Waals surface area contributed by atoms with E-state index in [1.165, 1.54) is 11.6 Å². The molecule has 4 rings (SSSR count). The van der Waals surface area contributed by atoms with Crippen molar-refractivity contribution in [3.8, 4) is 5.69 Å². The van der Waals surface area contributed by atoms with Crippen LogP contribution in [0.2, 0.25) is 0 Å². The van der Waals surface area contributed by atoms with Gasteiger partial charge in [-0.15, -0.1) is 0 Å². The Bertz CT molecular complexity index is 1030. The Balaban J connectivity index is 1.47. The van der Waals surface area contributed by atoms with Gasteiger partial charge < -0.3 is 4.90 Å². The van der Waals surface area contributed by atoms with Crippen LogP contribution in [0, 0.1) is 24.4 Å². The van der Waals surface area contributed by atoms with E-state index in [2.05, 4.69) is 40.0 Å². The van der Waals surface area contributed by atoms with E-state index < -0.39 is 0 Å². The smallest absolute Gasteiger partial charge is 0.203 e. The minimum Gasteiger partial charge on any atom is -0.367 e. The van der Waals surface area contributed by atoms with Crippen molar-refractivity contribution in [1.29, 1.82) is 0 Å². The van der Waals surface area contributed by atoms with Crippen LogP contribution in [-0.2, 0) is 6.67 Å². The summed E-state index contributed by atoms with van der Waals surface area (Å²) in [5.41, 5.74) is 2.91. The average Bonchev–Trinajstić information content (AvgIpc) is 2.96. The van der Waals surface area contributed by atoms with E-state index in [0.29, 0.717) is 17.1 Å². The summed E-state index contributed by atoms with van der Waals surface area (Å²) < 4.78 is 18.6. The molecule has 7 heteroatoms. The van der Waals surface area contributed by atoms with Crippen molar-refractivity contribution in [3.05, 3.63) is 70.5 Å². The maximum absolute atomic E-state index is 14.0. The highest BCUT2D eigenvalue weighted by molar-refractivity contribution is 7.71. The molecule has 0 radical (unpaired) electrons. The molecule has 0 atom stereocenters. The molecular weight excluding hydrogens is 373 g/mol. The third kappa shape index (κ3) is 3.72. The lowest BCUT2D eigenvalue weighted by Crippen LogP contribution is -2.47. The lowest BCUT2D eigenvalue weighted by molar-refractivity contribution is 0.193. The van der Waals surface area contributed by atoms with Crippen molar-refractivity contribution in [3.63, 3.8) is 0 Å². The first-order valence-electron chi connectivity index (χ1n) is 9.48. The summed E-state index contributed by atoms with van der Waals surface area (Å²) in [5.74, 6) is 0.714. The number of anilines is 1. The van der Waals surface area contributed by atoms with Gasteiger partial charge in [-0.2, -0.15) is 5.10 Å². The number of benzene rings is 2. The SMILES string of the molecule is Cc1cccc(-n2c(C)nn(CN3CCN(c4ccccc4F)CC3)c2=S)c1. The summed E-state index contributed by atoms with van der Waals surface area (Å²) in [6.07, 6.45) is 0. The predicted octanol–water partition coefficient (Wildman–Crippen LogP) is 3.94. The van der Waals surface area contributed by atoms with E-state index >= 15 is 0 Å². The van der Waals surface area contributed by atoms with Gasteiger partial charge >= 0.3 is 0 Å². The molecule has 0 N–H and O–H groups in total. The summed E-state index contributed by atoms with van der Waals surface area (Å²) in [4.78, 5) is 4.40. The molecule has 2 heterocycles. The molecule has 0 amide bonds. The Labute approximate surface area is 169 Å². The summed E-state index contributed by atoms with van der Waals surface area (Å²) in [5, 5.41) is 4.66. The molecule has 1 fully saturated rings. The van der Waals surface area contributed by atoms with Crippen LogP contribution in [0.25, 0.3) is 5.69 Å². The van der Waals surface area contributed by atoms with E-state index in [0.717, 1.165) is 37.7 Å². The zero-order chi connectivity index (χ0) is 19.7. The van der Waals surface area contributed by atoms with Crippen molar-refractivity contribution >= 4 is 17.9 Å². The molecule has 28 heavy (non-hydrogen) atoms. The first kappa shape index (κ1) is 18.8. The highest BCUT2D eigenvalue weighted by atomic mass is 32.1. The lowest BCUT2D eigenvalue weighted by Gasteiger charge is -2.35. The van der Waals surface area contributed by atoms with Crippen LogP contribution in [0.5, 0.6) is 0 Å². The van der Waals surface area contributed by atoms with Gasteiger partial charge in [0, 0.05) is 31.9 Å². The maximum atomic E-state index is 14.0. The molecule has 1 saturated heterocycles. The molecular formula is C21H24FN5S. The third-order valence-electron chi connectivity index (χ3n) is 5.16. The standard InChI is InChI=1S/C21H24FN5S/c1-16-6-5-7-18(14-16)27-17(2)23-26(21(27)28)15-24-10-12-25(13-11-24)20-9-4-3-8-19(20)22/h3-9,14H,10-13,15H2,1-2H3. The average molecular weight is 398 g/mol. The quantitative estimate of drug-likeness (QED) is 0.624. The van der Waals surface area contributed by atoms with Crippen LogP contribution in [-0.4, -0.2) is 45.4 Å². The minimum atomic E-state index is -0.161. The van der Waals surface area contributed by atoms with Gasteiger partial charge in [-0.3, -0.25) is 9.47 Å². The lowest BCUT2D eigenvalue weighted by atomic mass is 10.2. The molecule has 1 aliphatic rings. The molecule has 0 bridgehead atoms. The van der Waals surface area contributed by atoms with E-state index in [-0.39, 0.29) is 5.82 Å². The number of halogens is 1. The van der Waals surface area contributed by atoms with Crippen LogP contribution in [0.15, 0.2) is 48.5 Å². The first-order valence-corrected chi connectivity index (χ1v) is 9.89. The molecule has 5 nitrogen and oxygen atoms in total. The summed E-state index contributed by atoms with van der Waals surface area (Å²) in [6, 6.07) is 15.2. The van der Waals surface area contributed by atoms with Crippen molar-refractivity contribution in [2.24, 2.45) is 0 Å². The van der Waals surface area contributed by atoms with Crippen molar-refractivity contribution in [2.75, 3.05) is 31.1 Å². The number of hydrogen-bond donors (Lipinski definition) is 0. The van der Waals surface area contributed by atoms with Crippen LogP contribution < -0.4 is 4.90 Å². The second-order valence-electron chi connectivity index (χ2n) is 7.20. The van der Waals surface area contributed by atoms with E-state index in [4.69, 9.17) is 12.2 Å². The number of rotatable bonds is 4. The summed E-state index contributed by atoms with van der Waals surface area (Å²) >= 11 is 5.70. The number of piperazine rings is 1. The fourth-order valence-corrected chi connectivity index (χ4v) is 4.04. The molecule has 0 spiro atoms. The fraction of sp³-hybridized carbons (Fsp3) is 0.333. The molecule has 2 aromatic carbocycles. The number of para-hydroxylation sites is 1. The topological polar surface area (TPSA) is 29.2 Å². The molecule has 146 valence electrons. The van der Waals surface area contributed by atoms with Gasteiger partial charge in [0.2, 0.25) is 4.77 Å². The van der Waals surface area contributed by atoms with Crippen molar-refractivity contribution < 1.29 is 4.39 Å². The second-order valence-corrected chi connectivity index (χ2v) is 7.57. The monoisotopic (exact) mass is 397 g/mol. The van der Waals surface area contributed by atoms with Crippen molar-refractivity contribution in [1.82, 2.24) is 19.2 Å². The molecule has 0 unspecified atom stereocenters. The molecule has 1 aliphatic heterocycles. The predicted molar refractivity (Wildman–Crippen MR) is 112 cm³/mol. The highest BCUT2D eigenvalue weighted by Gasteiger charge is 2.20. The molecule has 0 aliphatic carbocycles. The third-order valence-corrected chi connectivity index (χ3v) is 5.55. The number of hydrogen-bond acceptors (Lipinski definition) is 4. The van der Waals surface area contributed by atoms with Crippen molar-refractivity contribution in [2.45, 2.75) is 20.5 Å². The Kier molecular flexibility index (Phi) is 5.28. The van der Waals surface area contributed by atoms with Crippen LogP contribution in [0.3, 0.4) is 0 Å². The fourth-order valence-electron chi connectivity index (χ4n) is 3.70. The Hall–Kier alpha value is -2.51. The largest absolute Gasteiger partial charge is 0.367 e. The number of nitrogens with zero attached hydrogens (tertiary/aromatic N) is 5. The van der Waals surface area contributed by atoms with Crippen LogP contribution in [0.4, 0.5) is 10.1 Å². The number of aryl methyl sites for hydroxylation is 2. The van der Waals surface area contributed by atoms with E-state index in [9.17, 15) is 4.39 Å². The maximum Gasteiger partial charge on any atom is 0.203 e. The summed E-state index contributed by atoms with van der Waals surface area (Å²) in [6.45, 7) is 7.94. The normalized spacial score (nSPS) is 15.2. The Morgan fingerprint density at radius 1 is 1.00 bits per heavy atom. The first-order chi connectivity index (χ1) is 13.5. The zero-order valence-electron chi connectivity index (χ0n) is 16.2. The molecule has 1 aromatic heterocycles. The van der Waals surface area contributed by atoms with E-state index in [1.807, 2.05) is 34.4 Å². The van der Waals surface area contributed by atoms with Gasteiger partial charge in [-0.1, -0.05) is 24.3 Å².